The van der Waals surface area contributed by atoms with Crippen molar-refractivity contribution in [2.75, 3.05) is 14.2 Å². The van der Waals surface area contributed by atoms with E-state index in [-0.39, 0.29) is 6.01 Å². The fourth-order valence-electron chi connectivity index (χ4n) is 1.48. The van der Waals surface area contributed by atoms with Gasteiger partial charge in [-0.1, -0.05) is 0 Å². The first-order valence-corrected chi connectivity index (χ1v) is 5.68. The zero-order valence-corrected chi connectivity index (χ0v) is 10.8. The molecule has 19 heavy (non-hydrogen) atoms. The Balaban J connectivity index is 2.26. The molecular formula is C13H15N3O3. The first-order valence-electron chi connectivity index (χ1n) is 5.68. The van der Waals surface area contributed by atoms with Crippen LogP contribution in [-0.4, -0.2) is 24.2 Å². The lowest BCUT2D eigenvalue weighted by molar-refractivity contribution is 0.382. The zero-order chi connectivity index (χ0) is 13.7. The summed E-state index contributed by atoms with van der Waals surface area (Å²) in [7, 11) is 3.15. The maximum atomic E-state index is 5.57. The van der Waals surface area contributed by atoms with Gasteiger partial charge in [0, 0.05) is 30.9 Å². The smallest absolute Gasteiger partial charge is 0.322 e. The summed E-state index contributed by atoms with van der Waals surface area (Å²) in [5.74, 6) is 1.79. The third-order valence-corrected chi connectivity index (χ3v) is 2.43. The van der Waals surface area contributed by atoms with E-state index in [1.54, 1.807) is 44.7 Å². The van der Waals surface area contributed by atoms with Crippen molar-refractivity contribution >= 4 is 0 Å². The minimum absolute atomic E-state index is 0.234. The first-order chi connectivity index (χ1) is 9.25. The molecule has 0 saturated carbocycles. The summed E-state index contributed by atoms with van der Waals surface area (Å²) in [6.07, 6.45) is 1.60. The molecule has 1 aromatic heterocycles. The summed E-state index contributed by atoms with van der Waals surface area (Å²) < 4.78 is 15.9. The largest absolute Gasteiger partial charge is 0.496 e. The molecule has 0 aliphatic rings. The van der Waals surface area contributed by atoms with Crippen LogP contribution in [0.1, 0.15) is 5.69 Å². The predicted molar refractivity (Wildman–Crippen MR) is 69.5 cm³/mol. The highest BCUT2D eigenvalue weighted by molar-refractivity contribution is 5.42. The summed E-state index contributed by atoms with van der Waals surface area (Å²) in [6, 6.07) is 7.17. The highest BCUT2D eigenvalue weighted by Gasteiger charge is 2.06. The van der Waals surface area contributed by atoms with Crippen LogP contribution in [0.25, 0.3) is 0 Å². The lowest BCUT2D eigenvalue weighted by atomic mass is 10.3. The summed E-state index contributed by atoms with van der Waals surface area (Å²) in [6.45, 7) is 0.334. The number of hydrogen-bond acceptors (Lipinski definition) is 6. The van der Waals surface area contributed by atoms with E-state index in [1.807, 2.05) is 0 Å². The van der Waals surface area contributed by atoms with Gasteiger partial charge in [-0.15, -0.1) is 0 Å². The maximum absolute atomic E-state index is 5.57. The molecule has 0 radical (unpaired) electrons. The van der Waals surface area contributed by atoms with Crippen molar-refractivity contribution < 1.29 is 14.2 Å². The molecule has 6 heteroatoms. The Morgan fingerprint density at radius 1 is 1.05 bits per heavy atom. The average Bonchev–Trinajstić information content (AvgIpc) is 2.47. The van der Waals surface area contributed by atoms with Gasteiger partial charge in [0.05, 0.1) is 19.9 Å². The van der Waals surface area contributed by atoms with Gasteiger partial charge >= 0.3 is 6.01 Å². The topological polar surface area (TPSA) is 79.5 Å². The minimum Gasteiger partial charge on any atom is -0.496 e. The third-order valence-electron chi connectivity index (χ3n) is 2.43. The first kappa shape index (κ1) is 13.1. The molecule has 0 bridgehead atoms. The molecule has 0 aliphatic heterocycles. The normalized spacial score (nSPS) is 10.1. The van der Waals surface area contributed by atoms with Gasteiger partial charge in [-0.25, -0.2) is 4.98 Å². The Bertz CT molecular complexity index is 538. The van der Waals surface area contributed by atoms with E-state index >= 15 is 0 Å². The summed E-state index contributed by atoms with van der Waals surface area (Å²) in [4.78, 5) is 8.18. The summed E-state index contributed by atoms with van der Waals surface area (Å²) in [5, 5.41) is 0. The van der Waals surface area contributed by atoms with Crippen molar-refractivity contribution in [2.45, 2.75) is 6.54 Å². The zero-order valence-electron chi connectivity index (χ0n) is 10.8. The summed E-state index contributed by atoms with van der Waals surface area (Å²) in [5.41, 5.74) is 6.23. The molecule has 0 unspecified atom stereocenters. The van der Waals surface area contributed by atoms with Crippen LogP contribution < -0.4 is 19.9 Å². The molecule has 0 saturated heterocycles. The van der Waals surface area contributed by atoms with E-state index in [4.69, 9.17) is 19.9 Å². The standard InChI is InChI=1S/C13H15N3O3/c1-17-10-5-11(18-2)7-12(6-10)19-13-15-4-3-9(8-14)16-13/h3-7H,8,14H2,1-2H3. The number of aromatic nitrogens is 2. The molecule has 0 amide bonds. The molecule has 2 aromatic rings. The Kier molecular flexibility index (Phi) is 4.15. The molecular weight excluding hydrogens is 246 g/mol. The number of nitrogens with two attached hydrogens (primary N) is 1. The average molecular weight is 261 g/mol. The molecule has 0 atom stereocenters. The second-order valence-corrected chi connectivity index (χ2v) is 3.69. The molecule has 0 fully saturated rings. The van der Waals surface area contributed by atoms with Crippen LogP contribution in [0.3, 0.4) is 0 Å². The molecule has 1 aromatic carbocycles. The van der Waals surface area contributed by atoms with Gasteiger partial charge in [0.2, 0.25) is 0 Å². The van der Waals surface area contributed by atoms with Crippen molar-refractivity contribution in [1.82, 2.24) is 9.97 Å². The maximum Gasteiger partial charge on any atom is 0.322 e. The molecule has 0 aliphatic carbocycles. The number of benzene rings is 1. The van der Waals surface area contributed by atoms with E-state index in [0.717, 1.165) is 0 Å². The fourth-order valence-corrected chi connectivity index (χ4v) is 1.48. The van der Waals surface area contributed by atoms with Crippen LogP contribution in [-0.2, 0) is 6.54 Å². The molecule has 6 nitrogen and oxygen atoms in total. The lowest BCUT2D eigenvalue weighted by Crippen LogP contribution is -2.01. The fraction of sp³-hybridized carbons (Fsp3) is 0.231. The van der Waals surface area contributed by atoms with Gasteiger partial charge in [0.15, 0.2) is 0 Å². The second kappa shape index (κ2) is 6.01. The molecule has 2 rings (SSSR count). The van der Waals surface area contributed by atoms with Gasteiger partial charge in [0.1, 0.15) is 17.2 Å². The van der Waals surface area contributed by atoms with Crippen molar-refractivity contribution in [3.8, 4) is 23.3 Å². The van der Waals surface area contributed by atoms with Gasteiger partial charge in [-0.2, -0.15) is 4.98 Å². The van der Waals surface area contributed by atoms with Crippen LogP contribution in [0.5, 0.6) is 23.3 Å². The minimum atomic E-state index is 0.234. The Hall–Kier alpha value is -2.34. The highest BCUT2D eigenvalue weighted by Crippen LogP contribution is 2.29. The van der Waals surface area contributed by atoms with Gasteiger partial charge < -0.3 is 19.9 Å². The number of ether oxygens (including phenoxy) is 3. The van der Waals surface area contributed by atoms with Crippen molar-refractivity contribution in [3.05, 3.63) is 36.2 Å². The van der Waals surface area contributed by atoms with E-state index < -0.39 is 0 Å². The molecule has 100 valence electrons. The number of methoxy groups -OCH3 is 2. The van der Waals surface area contributed by atoms with E-state index in [9.17, 15) is 0 Å². The van der Waals surface area contributed by atoms with Gasteiger partial charge in [0.25, 0.3) is 0 Å². The molecule has 1 heterocycles. The Labute approximate surface area is 111 Å². The van der Waals surface area contributed by atoms with Crippen LogP contribution in [0.15, 0.2) is 30.5 Å². The Morgan fingerprint density at radius 3 is 2.26 bits per heavy atom. The SMILES string of the molecule is COc1cc(OC)cc(Oc2nccc(CN)n2)c1. The van der Waals surface area contributed by atoms with Crippen molar-refractivity contribution in [2.24, 2.45) is 5.73 Å². The van der Waals surface area contributed by atoms with Gasteiger partial charge in [-0.3, -0.25) is 0 Å². The molecule has 0 spiro atoms. The van der Waals surface area contributed by atoms with Crippen molar-refractivity contribution in [1.29, 1.82) is 0 Å². The monoisotopic (exact) mass is 261 g/mol. The third kappa shape index (κ3) is 3.32. The van der Waals surface area contributed by atoms with E-state index in [0.29, 0.717) is 29.5 Å². The number of rotatable bonds is 5. The highest BCUT2D eigenvalue weighted by atomic mass is 16.5. The second-order valence-electron chi connectivity index (χ2n) is 3.69. The van der Waals surface area contributed by atoms with Gasteiger partial charge in [-0.05, 0) is 6.07 Å². The van der Waals surface area contributed by atoms with E-state index in [2.05, 4.69) is 9.97 Å². The number of hydrogen-bond donors (Lipinski definition) is 1. The summed E-state index contributed by atoms with van der Waals surface area (Å²) >= 11 is 0. The van der Waals surface area contributed by atoms with Crippen LogP contribution in [0.4, 0.5) is 0 Å². The number of nitrogens with zero attached hydrogens (tertiary/aromatic N) is 2. The quantitative estimate of drug-likeness (QED) is 0.883. The van der Waals surface area contributed by atoms with Crippen LogP contribution in [0.2, 0.25) is 0 Å². The Morgan fingerprint density at radius 2 is 1.68 bits per heavy atom. The van der Waals surface area contributed by atoms with Crippen LogP contribution in [0, 0.1) is 0 Å². The van der Waals surface area contributed by atoms with E-state index in [1.165, 1.54) is 0 Å². The van der Waals surface area contributed by atoms with Crippen LogP contribution >= 0.6 is 0 Å². The lowest BCUT2D eigenvalue weighted by Gasteiger charge is -2.09. The van der Waals surface area contributed by atoms with Crippen molar-refractivity contribution in [3.63, 3.8) is 0 Å². The molecule has 2 N–H and O–H groups in total. The predicted octanol–water partition coefficient (Wildman–Crippen LogP) is 1.74.